The van der Waals surface area contributed by atoms with Gasteiger partial charge in [-0.25, -0.2) is 4.98 Å². The number of fused-ring (bicyclic) bond motifs is 4. The predicted molar refractivity (Wildman–Crippen MR) is 219 cm³/mol. The summed E-state index contributed by atoms with van der Waals surface area (Å²) >= 11 is 0. The van der Waals surface area contributed by atoms with Gasteiger partial charge >= 0.3 is 0 Å². The molecule has 0 radical (unpaired) electrons. The third-order valence-corrected chi connectivity index (χ3v) is 9.97. The van der Waals surface area contributed by atoms with Crippen LogP contribution in [0, 0.1) is 0 Å². The molecule has 0 spiro atoms. The Labute approximate surface area is 297 Å². The molecule has 0 aliphatic heterocycles. The minimum absolute atomic E-state index is 0.928. The number of rotatable bonds is 6. The fraction of sp³-hybridized carbons (Fsp3) is 0.0204. The smallest absolute Gasteiger partial charge is 0.0794 e. The van der Waals surface area contributed by atoms with Crippen molar-refractivity contribution in [1.82, 2.24) is 4.98 Å². The molecule has 0 bridgehead atoms. The quantitative estimate of drug-likeness (QED) is 0.130. The predicted octanol–water partition coefficient (Wildman–Crippen LogP) is 13.5. The lowest BCUT2D eigenvalue weighted by molar-refractivity contribution is 1.41. The highest BCUT2D eigenvalue weighted by Gasteiger charge is 2.17. The summed E-state index contributed by atoms with van der Waals surface area (Å²) in [5, 5.41) is 8.17. The van der Waals surface area contributed by atoms with E-state index in [0.29, 0.717) is 0 Å². The van der Waals surface area contributed by atoms with Crippen LogP contribution in [0.25, 0.3) is 82.8 Å². The van der Waals surface area contributed by atoms with Crippen molar-refractivity contribution >= 4 is 60.7 Å². The minimum atomic E-state index is 0.928. The molecular weight excluding hydrogens is 617 g/mol. The van der Waals surface area contributed by atoms with E-state index in [0.717, 1.165) is 72.1 Å². The maximum atomic E-state index is 5.42. The first-order valence-electron chi connectivity index (χ1n) is 17.4. The molecule has 0 N–H and O–H groups in total. The lowest BCUT2D eigenvalue weighted by Gasteiger charge is -2.16. The molecule has 2 nitrogen and oxygen atoms in total. The monoisotopic (exact) mass is 650 g/mol. The van der Waals surface area contributed by atoms with E-state index in [1.54, 1.807) is 0 Å². The Morgan fingerprint density at radius 1 is 0.529 bits per heavy atom. The van der Waals surface area contributed by atoms with Gasteiger partial charge in [0.05, 0.1) is 16.9 Å². The number of hydrogen-bond donors (Lipinski definition) is 0. The van der Waals surface area contributed by atoms with Gasteiger partial charge in [-0.15, -0.1) is 0 Å². The van der Waals surface area contributed by atoms with E-state index in [1.807, 2.05) is 6.08 Å². The summed E-state index contributed by atoms with van der Waals surface area (Å²) in [7, 11) is 0. The first-order chi connectivity index (χ1) is 25.2. The van der Waals surface area contributed by atoms with Crippen molar-refractivity contribution in [3.8, 4) is 33.5 Å². The second-order valence-electron chi connectivity index (χ2n) is 13.0. The fourth-order valence-electron chi connectivity index (χ4n) is 7.58. The molecule has 9 rings (SSSR count). The van der Waals surface area contributed by atoms with Gasteiger partial charge < -0.3 is 0 Å². The molecule has 1 heterocycles. The standard InChI is InChI=1S/C49H34N2/c1-3-33-30-36-20-10-12-22-40(36)46(34-16-6-4-7-17-34)48(33)50-32(2)39-27-28-44(43-25-15-14-24-42(39)43)45-29-26-38-31-37-21-11-13-23-41(37)47(49(38)51-45)35-18-8-5-9-19-35/h3-31H,1H2,2H3/b50-32+. The van der Waals surface area contributed by atoms with Gasteiger partial charge in [0.15, 0.2) is 0 Å². The zero-order valence-electron chi connectivity index (χ0n) is 28.3. The lowest BCUT2D eigenvalue weighted by atomic mass is 9.92. The second kappa shape index (κ2) is 12.7. The average Bonchev–Trinajstić information content (AvgIpc) is 3.19. The maximum Gasteiger partial charge on any atom is 0.0794 e. The molecule has 0 amide bonds. The molecule has 0 unspecified atom stereocenters. The van der Waals surface area contributed by atoms with Gasteiger partial charge in [0.25, 0.3) is 0 Å². The van der Waals surface area contributed by atoms with Gasteiger partial charge in [-0.1, -0.05) is 164 Å². The van der Waals surface area contributed by atoms with E-state index in [9.17, 15) is 0 Å². The zero-order valence-corrected chi connectivity index (χ0v) is 28.3. The van der Waals surface area contributed by atoms with E-state index < -0.39 is 0 Å². The van der Waals surface area contributed by atoms with Gasteiger partial charge in [-0.3, -0.25) is 4.99 Å². The molecule has 0 saturated heterocycles. The summed E-state index contributed by atoms with van der Waals surface area (Å²) in [5.41, 5.74) is 11.6. The number of hydrogen-bond acceptors (Lipinski definition) is 2. The van der Waals surface area contributed by atoms with Crippen molar-refractivity contribution in [2.45, 2.75) is 6.92 Å². The molecule has 0 fully saturated rings. The van der Waals surface area contributed by atoms with Gasteiger partial charge in [-0.2, -0.15) is 0 Å². The number of aliphatic imine (C=N–C) groups is 1. The molecule has 240 valence electrons. The van der Waals surface area contributed by atoms with Crippen molar-refractivity contribution in [3.05, 3.63) is 188 Å². The summed E-state index contributed by atoms with van der Waals surface area (Å²) in [6.07, 6.45) is 1.92. The highest BCUT2D eigenvalue weighted by molar-refractivity contribution is 6.16. The molecule has 0 aliphatic carbocycles. The Morgan fingerprint density at radius 3 is 1.78 bits per heavy atom. The topological polar surface area (TPSA) is 25.2 Å². The SMILES string of the molecule is C=Cc1cc2ccccc2c(-c2ccccc2)c1/N=C(\C)c1ccc(-c2ccc3cc4ccccc4c(-c4ccccc4)c3n2)c2ccccc12. The van der Waals surface area contributed by atoms with Crippen LogP contribution >= 0.6 is 0 Å². The third-order valence-electron chi connectivity index (χ3n) is 9.97. The van der Waals surface area contributed by atoms with Crippen molar-refractivity contribution in [3.63, 3.8) is 0 Å². The Hall–Kier alpha value is -6.64. The first kappa shape index (κ1) is 30.4. The largest absolute Gasteiger partial charge is 0.252 e. The number of pyridine rings is 1. The molecule has 0 atom stereocenters. The summed E-state index contributed by atoms with van der Waals surface area (Å²) in [6, 6.07) is 60.2. The fourth-order valence-corrected chi connectivity index (χ4v) is 7.58. The van der Waals surface area contributed by atoms with Gasteiger partial charge in [0.2, 0.25) is 0 Å². The van der Waals surface area contributed by atoms with Crippen LogP contribution in [-0.2, 0) is 0 Å². The summed E-state index contributed by atoms with van der Waals surface area (Å²) < 4.78 is 0. The van der Waals surface area contributed by atoms with Crippen LogP contribution in [0.5, 0.6) is 0 Å². The molecule has 0 aliphatic rings. The van der Waals surface area contributed by atoms with Crippen LogP contribution in [0.1, 0.15) is 18.1 Å². The van der Waals surface area contributed by atoms with Crippen molar-refractivity contribution in [2.75, 3.05) is 0 Å². The highest BCUT2D eigenvalue weighted by Crippen LogP contribution is 2.42. The van der Waals surface area contributed by atoms with Crippen molar-refractivity contribution < 1.29 is 0 Å². The molecule has 51 heavy (non-hydrogen) atoms. The average molecular weight is 651 g/mol. The number of benzene rings is 8. The minimum Gasteiger partial charge on any atom is -0.252 e. The highest BCUT2D eigenvalue weighted by atomic mass is 14.8. The molecule has 0 saturated carbocycles. The van der Waals surface area contributed by atoms with E-state index in [4.69, 9.17) is 9.98 Å². The molecule has 8 aromatic carbocycles. The van der Waals surface area contributed by atoms with Crippen LogP contribution in [-0.4, -0.2) is 10.7 Å². The molecular formula is C49H34N2. The normalized spacial score (nSPS) is 11.8. The molecule has 1 aromatic heterocycles. The van der Waals surface area contributed by atoms with Crippen LogP contribution in [0.4, 0.5) is 5.69 Å². The summed E-state index contributed by atoms with van der Waals surface area (Å²) in [5.74, 6) is 0. The van der Waals surface area contributed by atoms with Gasteiger partial charge in [0.1, 0.15) is 0 Å². The van der Waals surface area contributed by atoms with Crippen LogP contribution in [0.15, 0.2) is 181 Å². The summed E-state index contributed by atoms with van der Waals surface area (Å²) in [4.78, 5) is 10.8. The van der Waals surface area contributed by atoms with Crippen LogP contribution < -0.4 is 0 Å². The molecule has 9 aromatic rings. The number of aromatic nitrogens is 1. The van der Waals surface area contributed by atoms with Crippen LogP contribution in [0.2, 0.25) is 0 Å². The van der Waals surface area contributed by atoms with Crippen molar-refractivity contribution in [2.24, 2.45) is 4.99 Å². The third kappa shape index (κ3) is 5.29. The van der Waals surface area contributed by atoms with E-state index in [2.05, 4.69) is 183 Å². The Balaban J connectivity index is 1.23. The van der Waals surface area contributed by atoms with Gasteiger partial charge in [0, 0.05) is 38.9 Å². The summed E-state index contributed by atoms with van der Waals surface area (Å²) in [6.45, 7) is 6.31. The zero-order chi connectivity index (χ0) is 34.3. The second-order valence-corrected chi connectivity index (χ2v) is 13.0. The lowest BCUT2D eigenvalue weighted by Crippen LogP contribution is -1.99. The van der Waals surface area contributed by atoms with E-state index >= 15 is 0 Å². The van der Waals surface area contributed by atoms with E-state index in [-0.39, 0.29) is 0 Å². The Kier molecular flexibility index (Phi) is 7.56. The van der Waals surface area contributed by atoms with Crippen LogP contribution in [0.3, 0.4) is 0 Å². The number of nitrogens with zero attached hydrogens (tertiary/aromatic N) is 2. The van der Waals surface area contributed by atoms with Gasteiger partial charge in [-0.05, 0) is 68.6 Å². The molecule has 2 heteroatoms. The van der Waals surface area contributed by atoms with Crippen molar-refractivity contribution in [1.29, 1.82) is 0 Å². The Morgan fingerprint density at radius 2 is 1.10 bits per heavy atom. The van der Waals surface area contributed by atoms with E-state index in [1.165, 1.54) is 27.1 Å². The maximum absolute atomic E-state index is 5.42. The first-order valence-corrected chi connectivity index (χ1v) is 17.4. The Bertz CT molecular complexity index is 2810.